The van der Waals surface area contributed by atoms with Crippen molar-refractivity contribution < 1.29 is 13.2 Å². The van der Waals surface area contributed by atoms with Crippen LogP contribution < -0.4 is 15.8 Å². The number of aryl methyl sites for hydroxylation is 2. The zero-order valence-corrected chi connectivity index (χ0v) is 13.8. The van der Waals surface area contributed by atoms with Gasteiger partial charge in [0.25, 0.3) is 0 Å². The molecule has 0 radical (unpaired) electrons. The van der Waals surface area contributed by atoms with Crippen LogP contribution in [0, 0.1) is 13.8 Å². The Morgan fingerprint density at radius 3 is 2.19 bits per heavy atom. The highest BCUT2D eigenvalue weighted by Crippen LogP contribution is 2.22. The Bertz CT molecular complexity index is 639. The lowest BCUT2D eigenvalue weighted by atomic mass is 10.1. The van der Waals surface area contributed by atoms with E-state index in [0.717, 1.165) is 11.1 Å². The molecule has 21 heavy (non-hydrogen) atoms. The second-order valence-corrected chi connectivity index (χ2v) is 7.16. The largest absolute Gasteiger partial charge is 0.398 e. The molecule has 6 nitrogen and oxygen atoms in total. The van der Waals surface area contributed by atoms with E-state index in [2.05, 4.69) is 10.0 Å². The number of rotatable bonds is 5. The smallest absolute Gasteiger partial charge is 0.243 e. The van der Waals surface area contributed by atoms with Gasteiger partial charge in [0.15, 0.2) is 0 Å². The lowest BCUT2D eigenvalue weighted by molar-refractivity contribution is -0.122. The number of amides is 1. The molecule has 1 amide bonds. The van der Waals surface area contributed by atoms with Gasteiger partial charge in [0, 0.05) is 6.04 Å². The van der Waals surface area contributed by atoms with Crippen LogP contribution in [-0.4, -0.2) is 26.4 Å². The average Bonchev–Trinajstić information content (AvgIpc) is 2.32. The lowest BCUT2D eigenvalue weighted by Gasteiger charge is -2.17. The van der Waals surface area contributed by atoms with Crippen molar-refractivity contribution in [1.82, 2.24) is 10.0 Å². The van der Waals surface area contributed by atoms with Crippen LogP contribution in [0.2, 0.25) is 0 Å². The number of nitrogens with two attached hydrogens (primary N) is 1. The summed E-state index contributed by atoms with van der Waals surface area (Å²) >= 11 is 0. The van der Waals surface area contributed by atoms with Gasteiger partial charge in [-0.2, -0.15) is 4.72 Å². The molecule has 1 rings (SSSR count). The Labute approximate surface area is 126 Å². The second-order valence-electron chi connectivity index (χ2n) is 5.48. The van der Waals surface area contributed by atoms with Crippen LogP contribution >= 0.6 is 0 Å². The number of anilines is 1. The molecule has 0 saturated carbocycles. The van der Waals surface area contributed by atoms with Gasteiger partial charge in [0.2, 0.25) is 15.9 Å². The summed E-state index contributed by atoms with van der Waals surface area (Å²) < 4.78 is 27.0. The van der Waals surface area contributed by atoms with E-state index in [-0.39, 0.29) is 22.5 Å². The second kappa shape index (κ2) is 6.44. The van der Waals surface area contributed by atoms with Crippen LogP contribution in [0.3, 0.4) is 0 Å². The molecule has 0 bridgehead atoms. The molecular weight excluding hydrogens is 290 g/mol. The van der Waals surface area contributed by atoms with E-state index in [9.17, 15) is 13.2 Å². The first kappa shape index (κ1) is 17.5. The van der Waals surface area contributed by atoms with Crippen LogP contribution in [0.5, 0.6) is 0 Å². The van der Waals surface area contributed by atoms with Gasteiger partial charge in [-0.1, -0.05) is 0 Å². The van der Waals surface area contributed by atoms with Gasteiger partial charge in [-0.25, -0.2) is 8.42 Å². The van der Waals surface area contributed by atoms with Gasteiger partial charge in [0.1, 0.15) is 4.90 Å². The monoisotopic (exact) mass is 313 g/mol. The molecule has 0 aromatic heterocycles. The molecule has 0 fully saturated rings. The van der Waals surface area contributed by atoms with Crippen molar-refractivity contribution in [2.75, 3.05) is 5.73 Å². The molecule has 0 aliphatic heterocycles. The van der Waals surface area contributed by atoms with Gasteiger partial charge in [0.05, 0.1) is 11.7 Å². The Kier molecular flexibility index (Phi) is 5.36. The molecule has 0 heterocycles. The van der Waals surface area contributed by atoms with Crippen molar-refractivity contribution in [1.29, 1.82) is 0 Å². The van der Waals surface area contributed by atoms with Crippen molar-refractivity contribution >= 4 is 21.6 Å². The summed E-state index contributed by atoms with van der Waals surface area (Å²) in [5, 5.41) is 2.65. The van der Waals surface area contributed by atoms with Gasteiger partial charge in [-0.15, -0.1) is 0 Å². The van der Waals surface area contributed by atoms with Crippen LogP contribution in [0.25, 0.3) is 0 Å². The summed E-state index contributed by atoms with van der Waals surface area (Å²) in [7, 11) is -3.85. The summed E-state index contributed by atoms with van der Waals surface area (Å²) in [5.41, 5.74) is 7.69. The maximum absolute atomic E-state index is 12.3. The molecule has 0 aliphatic carbocycles. The predicted octanol–water partition coefficient (Wildman–Crippen LogP) is 1.08. The molecule has 1 unspecified atom stereocenters. The highest BCUT2D eigenvalue weighted by Gasteiger charge is 2.24. The Morgan fingerprint density at radius 2 is 1.67 bits per heavy atom. The van der Waals surface area contributed by atoms with Crippen LogP contribution in [0.15, 0.2) is 17.0 Å². The maximum Gasteiger partial charge on any atom is 0.243 e. The third kappa shape index (κ3) is 4.44. The van der Waals surface area contributed by atoms with Gasteiger partial charge >= 0.3 is 0 Å². The number of nitrogens with one attached hydrogen (secondary N) is 2. The zero-order valence-electron chi connectivity index (χ0n) is 13.0. The van der Waals surface area contributed by atoms with Gasteiger partial charge in [-0.05, 0) is 57.9 Å². The Hall–Kier alpha value is -1.60. The molecule has 0 saturated heterocycles. The number of carbonyl (C=O) groups is 1. The van der Waals surface area contributed by atoms with Gasteiger partial charge < -0.3 is 11.1 Å². The van der Waals surface area contributed by atoms with Crippen LogP contribution in [0.1, 0.15) is 31.9 Å². The topological polar surface area (TPSA) is 101 Å². The summed E-state index contributed by atoms with van der Waals surface area (Å²) in [5.74, 6) is -0.379. The minimum absolute atomic E-state index is 0.00482. The first-order valence-electron chi connectivity index (χ1n) is 6.74. The number of hydrogen-bond acceptors (Lipinski definition) is 4. The fourth-order valence-corrected chi connectivity index (χ4v) is 3.20. The van der Waals surface area contributed by atoms with Crippen LogP contribution in [0.4, 0.5) is 5.69 Å². The van der Waals surface area contributed by atoms with Crippen LogP contribution in [-0.2, 0) is 14.8 Å². The summed E-state index contributed by atoms with van der Waals surface area (Å²) in [6, 6.07) is 2.19. The third-order valence-electron chi connectivity index (χ3n) is 3.07. The molecule has 7 heteroatoms. The van der Waals surface area contributed by atoms with E-state index in [0.29, 0.717) is 0 Å². The molecule has 1 atom stereocenters. The fourth-order valence-electron chi connectivity index (χ4n) is 1.80. The molecule has 0 aliphatic rings. The molecular formula is C14H23N3O3S. The number of carbonyl (C=O) groups excluding carboxylic acids is 1. The van der Waals surface area contributed by atoms with Gasteiger partial charge in [-0.3, -0.25) is 4.79 Å². The summed E-state index contributed by atoms with van der Waals surface area (Å²) in [4.78, 5) is 11.8. The zero-order chi connectivity index (χ0) is 16.4. The van der Waals surface area contributed by atoms with E-state index >= 15 is 0 Å². The summed E-state index contributed by atoms with van der Waals surface area (Å²) in [6.45, 7) is 8.77. The molecule has 1 aromatic carbocycles. The Balaban J connectivity index is 3.02. The molecule has 1 aromatic rings. The highest BCUT2D eigenvalue weighted by molar-refractivity contribution is 7.89. The quantitative estimate of drug-likeness (QED) is 0.708. The van der Waals surface area contributed by atoms with Crippen molar-refractivity contribution in [3.8, 4) is 0 Å². The van der Waals surface area contributed by atoms with Crippen molar-refractivity contribution in [2.24, 2.45) is 0 Å². The van der Waals surface area contributed by atoms with E-state index < -0.39 is 16.1 Å². The van der Waals surface area contributed by atoms with E-state index in [1.807, 2.05) is 13.8 Å². The van der Waals surface area contributed by atoms with Crippen molar-refractivity contribution in [2.45, 2.75) is 51.6 Å². The maximum atomic E-state index is 12.3. The first-order valence-corrected chi connectivity index (χ1v) is 8.22. The molecule has 4 N–H and O–H groups in total. The molecule has 0 spiro atoms. The SMILES string of the molecule is Cc1cc(N)c(S(=O)(=O)NC(C)C(=O)NC(C)C)cc1C. The van der Waals surface area contributed by atoms with E-state index in [4.69, 9.17) is 5.73 Å². The average molecular weight is 313 g/mol. The van der Waals surface area contributed by atoms with E-state index in [1.165, 1.54) is 13.0 Å². The minimum atomic E-state index is -3.85. The number of benzene rings is 1. The number of sulfonamides is 1. The number of nitrogen functional groups attached to an aromatic ring is 1. The van der Waals surface area contributed by atoms with E-state index in [1.54, 1.807) is 19.9 Å². The standard InChI is InChI=1S/C14H23N3O3S/c1-8(2)16-14(18)11(5)17-21(19,20)13-7-10(4)9(3)6-12(13)15/h6-8,11,17H,15H2,1-5H3,(H,16,18). The molecule has 118 valence electrons. The van der Waals surface area contributed by atoms with Crippen molar-refractivity contribution in [3.63, 3.8) is 0 Å². The predicted molar refractivity (Wildman–Crippen MR) is 83.4 cm³/mol. The summed E-state index contributed by atoms with van der Waals surface area (Å²) in [6.07, 6.45) is 0. The Morgan fingerprint density at radius 1 is 1.14 bits per heavy atom. The number of hydrogen-bond donors (Lipinski definition) is 3. The lowest BCUT2D eigenvalue weighted by Crippen LogP contribution is -2.46. The third-order valence-corrected chi connectivity index (χ3v) is 4.67. The fraction of sp³-hybridized carbons (Fsp3) is 0.500. The first-order chi connectivity index (χ1) is 9.54. The normalized spacial score (nSPS) is 13.2. The highest BCUT2D eigenvalue weighted by atomic mass is 32.2. The van der Waals surface area contributed by atoms with Crippen molar-refractivity contribution in [3.05, 3.63) is 23.3 Å². The minimum Gasteiger partial charge on any atom is -0.398 e.